The monoisotopic (exact) mass is 215 g/mol. The van der Waals surface area contributed by atoms with Gasteiger partial charge in [0.25, 0.3) is 0 Å². The summed E-state index contributed by atoms with van der Waals surface area (Å²) in [6, 6.07) is 0. The van der Waals surface area contributed by atoms with Crippen LogP contribution in [0.15, 0.2) is 0 Å². The van der Waals surface area contributed by atoms with E-state index in [-0.39, 0.29) is 16.9 Å². The highest BCUT2D eigenvalue weighted by atomic mass is 16.5. The van der Waals surface area contributed by atoms with Crippen LogP contribution in [0.3, 0.4) is 0 Å². The van der Waals surface area contributed by atoms with Gasteiger partial charge in [-0.1, -0.05) is 20.3 Å². The van der Waals surface area contributed by atoms with Crippen LogP contribution in [0.1, 0.15) is 39.5 Å². The van der Waals surface area contributed by atoms with Gasteiger partial charge < -0.3 is 15.6 Å². The molecule has 0 radical (unpaired) electrons. The van der Waals surface area contributed by atoms with Gasteiger partial charge in [0, 0.05) is 25.7 Å². The second-order valence-corrected chi connectivity index (χ2v) is 5.55. The molecular weight excluding hydrogens is 190 g/mol. The lowest BCUT2D eigenvalue weighted by atomic mass is 9.60. The number of nitrogens with two attached hydrogens (primary N) is 1. The van der Waals surface area contributed by atoms with Crippen LogP contribution in [-0.2, 0) is 4.74 Å². The van der Waals surface area contributed by atoms with Crippen molar-refractivity contribution in [3.8, 4) is 0 Å². The number of aliphatic hydroxyl groups is 1. The van der Waals surface area contributed by atoms with Gasteiger partial charge in [-0.2, -0.15) is 0 Å². The fourth-order valence-corrected chi connectivity index (χ4v) is 2.88. The second-order valence-electron chi connectivity index (χ2n) is 5.55. The van der Waals surface area contributed by atoms with Crippen molar-refractivity contribution in [2.24, 2.45) is 16.6 Å². The molecule has 1 aliphatic carbocycles. The zero-order chi connectivity index (χ0) is 11.5. The average Bonchev–Trinajstić information content (AvgIpc) is 2.21. The minimum absolute atomic E-state index is 0.00857. The van der Waals surface area contributed by atoms with Crippen molar-refractivity contribution < 1.29 is 9.84 Å². The van der Waals surface area contributed by atoms with Crippen LogP contribution in [-0.4, -0.2) is 31.5 Å². The van der Waals surface area contributed by atoms with E-state index in [1.807, 2.05) is 0 Å². The van der Waals surface area contributed by atoms with E-state index in [1.54, 1.807) is 7.11 Å². The minimum Gasteiger partial charge on any atom is -0.392 e. The molecular formula is C12H25NO2. The average molecular weight is 215 g/mol. The highest BCUT2D eigenvalue weighted by Gasteiger charge is 2.47. The summed E-state index contributed by atoms with van der Waals surface area (Å²) in [5.74, 6) is 0. The Balaban J connectivity index is 2.77. The van der Waals surface area contributed by atoms with E-state index in [1.165, 1.54) is 0 Å². The van der Waals surface area contributed by atoms with Crippen LogP contribution < -0.4 is 5.73 Å². The number of hydrogen-bond acceptors (Lipinski definition) is 3. The topological polar surface area (TPSA) is 55.5 Å². The zero-order valence-electron chi connectivity index (χ0n) is 10.3. The third kappa shape index (κ3) is 2.52. The van der Waals surface area contributed by atoms with E-state index >= 15 is 0 Å². The van der Waals surface area contributed by atoms with Crippen LogP contribution in [0, 0.1) is 10.8 Å². The molecule has 3 N–H and O–H groups in total. The van der Waals surface area contributed by atoms with Crippen molar-refractivity contribution in [1.29, 1.82) is 0 Å². The molecule has 0 aromatic rings. The molecule has 0 aromatic heterocycles. The molecule has 90 valence electrons. The van der Waals surface area contributed by atoms with Crippen LogP contribution >= 0.6 is 0 Å². The predicted octanol–water partition coefficient (Wildman–Crippen LogP) is 1.54. The standard InChI is InChI=1S/C12H25NO2/c1-11(2)5-4-6-12(9-13,10(11)14)7-8-15-3/h10,14H,4-9,13H2,1-3H3. The Morgan fingerprint density at radius 1 is 1.40 bits per heavy atom. The number of methoxy groups -OCH3 is 1. The maximum absolute atomic E-state index is 10.4. The summed E-state index contributed by atoms with van der Waals surface area (Å²) in [5.41, 5.74) is 5.74. The number of rotatable bonds is 4. The Morgan fingerprint density at radius 2 is 2.07 bits per heavy atom. The Labute approximate surface area is 93.0 Å². The summed E-state index contributed by atoms with van der Waals surface area (Å²) in [6.07, 6.45) is 3.83. The van der Waals surface area contributed by atoms with Gasteiger partial charge in [0.2, 0.25) is 0 Å². The molecule has 0 spiro atoms. The van der Waals surface area contributed by atoms with Crippen molar-refractivity contribution in [2.75, 3.05) is 20.3 Å². The fraction of sp³-hybridized carbons (Fsp3) is 1.00. The summed E-state index contributed by atoms with van der Waals surface area (Å²) in [4.78, 5) is 0. The zero-order valence-corrected chi connectivity index (χ0v) is 10.3. The van der Waals surface area contributed by atoms with Gasteiger partial charge in [0.1, 0.15) is 0 Å². The largest absolute Gasteiger partial charge is 0.392 e. The molecule has 0 saturated heterocycles. The quantitative estimate of drug-likeness (QED) is 0.748. The number of hydrogen-bond donors (Lipinski definition) is 2. The van der Waals surface area contributed by atoms with Gasteiger partial charge in [-0.25, -0.2) is 0 Å². The van der Waals surface area contributed by atoms with Crippen molar-refractivity contribution in [3.05, 3.63) is 0 Å². The first kappa shape index (κ1) is 12.9. The predicted molar refractivity (Wildman–Crippen MR) is 61.6 cm³/mol. The Hall–Kier alpha value is -0.120. The molecule has 1 rings (SSSR count). The van der Waals surface area contributed by atoms with Crippen LogP contribution in [0.25, 0.3) is 0 Å². The third-order valence-corrected chi connectivity index (χ3v) is 4.03. The lowest BCUT2D eigenvalue weighted by Crippen LogP contribution is -2.52. The Kier molecular flexibility index (Phi) is 4.15. The normalized spacial score (nSPS) is 35.4. The maximum Gasteiger partial charge on any atom is 0.0660 e. The molecule has 0 amide bonds. The lowest BCUT2D eigenvalue weighted by Gasteiger charge is -2.49. The van der Waals surface area contributed by atoms with Crippen molar-refractivity contribution in [2.45, 2.75) is 45.6 Å². The minimum atomic E-state index is -0.307. The number of ether oxygens (including phenoxy) is 1. The highest BCUT2D eigenvalue weighted by molar-refractivity contribution is 4.98. The first-order valence-electron chi connectivity index (χ1n) is 5.85. The lowest BCUT2D eigenvalue weighted by molar-refractivity contribution is -0.0988. The maximum atomic E-state index is 10.4. The fourth-order valence-electron chi connectivity index (χ4n) is 2.88. The molecule has 0 aliphatic heterocycles. The first-order valence-corrected chi connectivity index (χ1v) is 5.85. The molecule has 0 bridgehead atoms. The van der Waals surface area contributed by atoms with Crippen molar-refractivity contribution in [3.63, 3.8) is 0 Å². The molecule has 1 aliphatic rings. The molecule has 2 unspecified atom stereocenters. The van der Waals surface area contributed by atoms with E-state index < -0.39 is 0 Å². The Bertz CT molecular complexity index is 206. The van der Waals surface area contributed by atoms with Crippen molar-refractivity contribution >= 4 is 0 Å². The summed E-state index contributed by atoms with van der Waals surface area (Å²) in [6.45, 7) is 5.51. The van der Waals surface area contributed by atoms with Gasteiger partial charge in [-0.15, -0.1) is 0 Å². The smallest absolute Gasteiger partial charge is 0.0660 e. The van der Waals surface area contributed by atoms with Crippen LogP contribution in [0.4, 0.5) is 0 Å². The van der Waals surface area contributed by atoms with Crippen molar-refractivity contribution in [1.82, 2.24) is 0 Å². The van der Waals surface area contributed by atoms with E-state index in [0.29, 0.717) is 13.2 Å². The van der Waals surface area contributed by atoms with E-state index in [4.69, 9.17) is 10.5 Å². The molecule has 3 nitrogen and oxygen atoms in total. The molecule has 1 saturated carbocycles. The van der Waals surface area contributed by atoms with Crippen LogP contribution in [0.5, 0.6) is 0 Å². The first-order chi connectivity index (χ1) is 6.98. The van der Waals surface area contributed by atoms with E-state index in [0.717, 1.165) is 25.7 Å². The van der Waals surface area contributed by atoms with E-state index in [9.17, 15) is 5.11 Å². The Morgan fingerprint density at radius 3 is 2.60 bits per heavy atom. The molecule has 2 atom stereocenters. The SMILES string of the molecule is COCCC1(CN)CCCC(C)(C)C1O. The summed E-state index contributed by atoms with van der Waals surface area (Å²) < 4.78 is 5.12. The summed E-state index contributed by atoms with van der Waals surface area (Å²) in [5, 5.41) is 10.4. The number of aliphatic hydroxyl groups excluding tert-OH is 1. The van der Waals surface area contributed by atoms with E-state index in [2.05, 4.69) is 13.8 Å². The molecule has 15 heavy (non-hydrogen) atoms. The van der Waals surface area contributed by atoms with Gasteiger partial charge >= 0.3 is 0 Å². The van der Waals surface area contributed by atoms with Gasteiger partial charge in [-0.05, 0) is 24.7 Å². The molecule has 1 fully saturated rings. The summed E-state index contributed by atoms with van der Waals surface area (Å²) in [7, 11) is 1.70. The van der Waals surface area contributed by atoms with Gasteiger partial charge in [-0.3, -0.25) is 0 Å². The van der Waals surface area contributed by atoms with Gasteiger partial charge in [0.05, 0.1) is 6.10 Å². The molecule has 3 heteroatoms. The summed E-state index contributed by atoms with van der Waals surface area (Å²) >= 11 is 0. The molecule has 0 aromatic carbocycles. The third-order valence-electron chi connectivity index (χ3n) is 4.03. The van der Waals surface area contributed by atoms with Gasteiger partial charge in [0.15, 0.2) is 0 Å². The van der Waals surface area contributed by atoms with Crippen LogP contribution in [0.2, 0.25) is 0 Å². The second kappa shape index (κ2) is 4.81. The highest BCUT2D eigenvalue weighted by Crippen LogP contribution is 2.47. The molecule has 0 heterocycles.